The third kappa shape index (κ3) is 2.90. The average Bonchev–Trinajstić information content (AvgIpc) is 2.51. The van der Waals surface area contributed by atoms with Gasteiger partial charge in [0.15, 0.2) is 0 Å². The summed E-state index contributed by atoms with van der Waals surface area (Å²) < 4.78 is 36.9. The Hall–Kier alpha value is -2.12. The van der Waals surface area contributed by atoms with Gasteiger partial charge >= 0.3 is 0 Å². The van der Waals surface area contributed by atoms with Gasteiger partial charge in [0.25, 0.3) is 0 Å². The first-order chi connectivity index (χ1) is 10.6. The molecule has 1 aliphatic heterocycles. The monoisotopic (exact) mass is 320 g/mol. The van der Waals surface area contributed by atoms with Gasteiger partial charge in [-0.15, -0.1) is 0 Å². The molecule has 0 amide bonds. The number of benzene rings is 1. The summed E-state index contributed by atoms with van der Waals surface area (Å²) in [4.78, 5) is 4.32. The zero-order chi connectivity index (χ0) is 15.6. The minimum absolute atomic E-state index is 0.164. The van der Waals surface area contributed by atoms with Gasteiger partial charge in [-0.2, -0.15) is 4.31 Å². The van der Waals surface area contributed by atoms with Gasteiger partial charge in [-0.05, 0) is 30.3 Å². The highest BCUT2D eigenvalue weighted by Crippen LogP contribution is 2.25. The van der Waals surface area contributed by atoms with Crippen molar-refractivity contribution in [2.24, 2.45) is 0 Å². The summed E-state index contributed by atoms with van der Waals surface area (Å²) in [5, 5.41) is 0. The van der Waals surface area contributed by atoms with E-state index in [1.54, 1.807) is 49.7 Å². The normalized spacial score (nSPS) is 16.0. The summed E-state index contributed by atoms with van der Waals surface area (Å²) in [6, 6.07) is 11.7. The van der Waals surface area contributed by atoms with Gasteiger partial charge in [0.2, 0.25) is 15.9 Å². The highest BCUT2D eigenvalue weighted by molar-refractivity contribution is 7.89. The lowest BCUT2D eigenvalue weighted by Crippen LogP contribution is -2.56. The molecular formula is C15H16N2O4S. The molecule has 7 heteroatoms. The standard InChI is InChI=1S/C15H16N2O4S/c1-20-12-5-7-14(8-6-12)22(18,19)17-10-13(11-17)21-15-4-2-3-9-16-15/h2-9,13H,10-11H2,1H3. The van der Waals surface area contributed by atoms with Gasteiger partial charge in [-0.3, -0.25) is 0 Å². The Kier molecular flexibility index (Phi) is 4.00. The number of aromatic nitrogens is 1. The number of ether oxygens (including phenoxy) is 2. The number of nitrogens with zero attached hydrogens (tertiary/aromatic N) is 2. The second-order valence-electron chi connectivity index (χ2n) is 4.91. The van der Waals surface area contributed by atoms with Crippen molar-refractivity contribution < 1.29 is 17.9 Å². The van der Waals surface area contributed by atoms with Gasteiger partial charge in [-0.25, -0.2) is 13.4 Å². The highest BCUT2D eigenvalue weighted by Gasteiger charge is 2.38. The summed E-state index contributed by atoms with van der Waals surface area (Å²) in [5.41, 5.74) is 0. The first kappa shape index (κ1) is 14.8. The van der Waals surface area contributed by atoms with Crippen LogP contribution in [0.2, 0.25) is 0 Å². The van der Waals surface area contributed by atoms with Gasteiger partial charge in [0, 0.05) is 12.3 Å². The van der Waals surface area contributed by atoms with Crippen LogP contribution in [0.5, 0.6) is 11.6 Å². The Morgan fingerprint density at radius 1 is 1.14 bits per heavy atom. The number of rotatable bonds is 5. The molecule has 0 bridgehead atoms. The van der Waals surface area contributed by atoms with E-state index < -0.39 is 10.0 Å². The number of pyridine rings is 1. The maximum Gasteiger partial charge on any atom is 0.243 e. The molecule has 2 aromatic rings. The third-order valence-corrected chi connectivity index (χ3v) is 5.28. The number of methoxy groups -OCH3 is 1. The molecule has 0 atom stereocenters. The van der Waals surface area contributed by atoms with Crippen molar-refractivity contribution in [1.82, 2.24) is 9.29 Å². The zero-order valence-electron chi connectivity index (χ0n) is 12.0. The van der Waals surface area contributed by atoms with E-state index in [0.29, 0.717) is 24.7 Å². The van der Waals surface area contributed by atoms with E-state index in [1.807, 2.05) is 6.07 Å². The molecule has 0 saturated carbocycles. The van der Waals surface area contributed by atoms with E-state index in [9.17, 15) is 8.42 Å². The summed E-state index contributed by atoms with van der Waals surface area (Å²) in [5.74, 6) is 1.13. The molecule has 0 aliphatic carbocycles. The van der Waals surface area contributed by atoms with Crippen LogP contribution in [0.1, 0.15) is 0 Å². The largest absolute Gasteiger partial charge is 0.497 e. The van der Waals surface area contributed by atoms with Crippen LogP contribution in [0.25, 0.3) is 0 Å². The lowest BCUT2D eigenvalue weighted by atomic mass is 10.2. The Balaban J connectivity index is 1.63. The van der Waals surface area contributed by atoms with Crippen LogP contribution >= 0.6 is 0 Å². The SMILES string of the molecule is COc1ccc(S(=O)(=O)N2CC(Oc3ccccn3)C2)cc1. The predicted molar refractivity (Wildman–Crippen MR) is 80.4 cm³/mol. The number of hydrogen-bond donors (Lipinski definition) is 0. The topological polar surface area (TPSA) is 68.7 Å². The molecule has 1 fully saturated rings. The maximum absolute atomic E-state index is 12.4. The Bertz CT molecular complexity index is 726. The quantitative estimate of drug-likeness (QED) is 0.836. The Labute approximate surface area is 129 Å². The minimum Gasteiger partial charge on any atom is -0.497 e. The molecule has 6 nitrogen and oxygen atoms in total. The molecule has 2 heterocycles. The van der Waals surface area contributed by atoms with Gasteiger partial charge in [0.1, 0.15) is 11.9 Å². The second-order valence-corrected chi connectivity index (χ2v) is 6.84. The molecule has 1 aromatic carbocycles. The van der Waals surface area contributed by atoms with Crippen molar-refractivity contribution in [3.05, 3.63) is 48.7 Å². The smallest absolute Gasteiger partial charge is 0.243 e. The fourth-order valence-electron chi connectivity index (χ4n) is 2.16. The maximum atomic E-state index is 12.4. The van der Waals surface area contributed by atoms with Crippen LogP contribution in [-0.4, -0.2) is 44.0 Å². The van der Waals surface area contributed by atoms with Gasteiger partial charge < -0.3 is 9.47 Å². The third-order valence-electron chi connectivity index (χ3n) is 3.44. The molecular weight excluding hydrogens is 304 g/mol. The summed E-state index contributed by atoms with van der Waals surface area (Å²) in [6.07, 6.45) is 1.47. The van der Waals surface area contributed by atoms with E-state index in [2.05, 4.69) is 4.98 Å². The van der Waals surface area contributed by atoms with Gasteiger partial charge in [0.05, 0.1) is 25.1 Å². The molecule has 0 unspecified atom stereocenters. The molecule has 22 heavy (non-hydrogen) atoms. The Morgan fingerprint density at radius 2 is 1.86 bits per heavy atom. The molecule has 116 valence electrons. The van der Waals surface area contributed by atoms with Crippen molar-refractivity contribution >= 4 is 10.0 Å². The predicted octanol–water partition coefficient (Wildman–Crippen LogP) is 1.54. The van der Waals surface area contributed by atoms with Crippen molar-refractivity contribution in [1.29, 1.82) is 0 Å². The minimum atomic E-state index is -3.48. The molecule has 3 rings (SSSR count). The molecule has 0 N–H and O–H groups in total. The first-order valence-electron chi connectivity index (χ1n) is 6.81. The lowest BCUT2D eigenvalue weighted by molar-refractivity contribution is 0.0721. The average molecular weight is 320 g/mol. The van der Waals surface area contributed by atoms with Crippen molar-refractivity contribution in [3.8, 4) is 11.6 Å². The number of hydrogen-bond acceptors (Lipinski definition) is 5. The second kappa shape index (κ2) is 5.94. The lowest BCUT2D eigenvalue weighted by Gasteiger charge is -2.37. The Morgan fingerprint density at radius 3 is 2.45 bits per heavy atom. The fourth-order valence-corrected chi connectivity index (χ4v) is 3.66. The summed E-state index contributed by atoms with van der Waals surface area (Å²) >= 11 is 0. The van der Waals surface area contributed by atoms with Crippen LogP contribution < -0.4 is 9.47 Å². The molecule has 1 saturated heterocycles. The van der Waals surface area contributed by atoms with Crippen LogP contribution in [0.3, 0.4) is 0 Å². The fraction of sp³-hybridized carbons (Fsp3) is 0.267. The molecule has 0 spiro atoms. The van der Waals surface area contributed by atoms with E-state index in [4.69, 9.17) is 9.47 Å². The van der Waals surface area contributed by atoms with Gasteiger partial charge in [-0.1, -0.05) is 6.07 Å². The van der Waals surface area contributed by atoms with Crippen LogP contribution in [0.4, 0.5) is 0 Å². The first-order valence-corrected chi connectivity index (χ1v) is 8.25. The molecule has 0 radical (unpaired) electrons. The van der Waals surface area contributed by atoms with Crippen molar-refractivity contribution in [3.63, 3.8) is 0 Å². The zero-order valence-corrected chi connectivity index (χ0v) is 12.9. The van der Waals surface area contributed by atoms with E-state index >= 15 is 0 Å². The number of sulfonamides is 1. The van der Waals surface area contributed by atoms with Crippen LogP contribution in [0, 0.1) is 0 Å². The van der Waals surface area contributed by atoms with Crippen molar-refractivity contribution in [2.75, 3.05) is 20.2 Å². The van der Waals surface area contributed by atoms with Crippen LogP contribution in [0.15, 0.2) is 53.6 Å². The van der Waals surface area contributed by atoms with Crippen LogP contribution in [-0.2, 0) is 10.0 Å². The van der Waals surface area contributed by atoms with E-state index in [0.717, 1.165) is 0 Å². The summed E-state index contributed by atoms with van der Waals surface area (Å²) in [7, 11) is -1.93. The highest BCUT2D eigenvalue weighted by atomic mass is 32.2. The molecule has 1 aromatic heterocycles. The van der Waals surface area contributed by atoms with E-state index in [-0.39, 0.29) is 11.0 Å². The van der Waals surface area contributed by atoms with E-state index in [1.165, 1.54) is 4.31 Å². The summed E-state index contributed by atoms with van der Waals surface area (Å²) in [6.45, 7) is 0.649. The molecule has 1 aliphatic rings. The van der Waals surface area contributed by atoms with Crippen molar-refractivity contribution in [2.45, 2.75) is 11.0 Å².